The minimum absolute atomic E-state index is 0.216. The predicted octanol–water partition coefficient (Wildman–Crippen LogP) is 1.84. The first-order valence-electron chi connectivity index (χ1n) is 5.99. The van der Waals surface area contributed by atoms with E-state index < -0.39 is 15.8 Å². The number of nitrogens with zero attached hydrogens (tertiary/aromatic N) is 1. The molecule has 0 spiro atoms. The zero-order valence-electron chi connectivity index (χ0n) is 10.9. The van der Waals surface area contributed by atoms with Crippen molar-refractivity contribution in [3.8, 4) is 0 Å². The molecule has 1 saturated heterocycles. The van der Waals surface area contributed by atoms with E-state index in [1.54, 1.807) is 11.8 Å². The van der Waals surface area contributed by atoms with Crippen molar-refractivity contribution in [2.75, 3.05) is 24.6 Å². The first-order chi connectivity index (χ1) is 8.82. The van der Waals surface area contributed by atoms with Crippen LogP contribution in [0, 0.1) is 12.7 Å². The summed E-state index contributed by atoms with van der Waals surface area (Å²) < 4.78 is 40.4. The maximum atomic E-state index is 14.1. The molecule has 1 aliphatic rings. The van der Waals surface area contributed by atoms with Crippen LogP contribution in [0.3, 0.4) is 0 Å². The Bertz CT molecular complexity index is 590. The second-order valence-corrected chi connectivity index (χ2v) is 8.15. The smallest absolute Gasteiger partial charge is 0.246 e. The van der Waals surface area contributed by atoms with Gasteiger partial charge in [0.1, 0.15) is 10.7 Å². The number of rotatable bonds is 2. The number of nitrogens with two attached hydrogens (primary N) is 1. The first-order valence-corrected chi connectivity index (χ1v) is 8.48. The molecule has 1 unspecified atom stereocenters. The van der Waals surface area contributed by atoms with Gasteiger partial charge < -0.3 is 5.73 Å². The fourth-order valence-electron chi connectivity index (χ4n) is 2.10. The molecule has 1 aliphatic heterocycles. The Balaban J connectivity index is 2.45. The Morgan fingerprint density at radius 3 is 2.79 bits per heavy atom. The van der Waals surface area contributed by atoms with Crippen LogP contribution in [0.15, 0.2) is 17.0 Å². The van der Waals surface area contributed by atoms with E-state index in [9.17, 15) is 12.8 Å². The molecule has 106 valence electrons. The predicted molar refractivity (Wildman–Crippen MR) is 76.2 cm³/mol. The van der Waals surface area contributed by atoms with Crippen molar-refractivity contribution in [3.05, 3.63) is 23.5 Å². The van der Waals surface area contributed by atoms with Crippen LogP contribution in [0.25, 0.3) is 0 Å². The summed E-state index contributed by atoms with van der Waals surface area (Å²) in [6.45, 7) is 4.29. The molecular weight excluding hydrogens is 287 g/mol. The molecule has 7 heteroatoms. The highest BCUT2D eigenvalue weighted by atomic mass is 32.2. The summed E-state index contributed by atoms with van der Waals surface area (Å²) in [6.07, 6.45) is 0. The maximum Gasteiger partial charge on any atom is 0.246 e. The van der Waals surface area contributed by atoms with Crippen molar-refractivity contribution >= 4 is 27.5 Å². The molecule has 19 heavy (non-hydrogen) atoms. The van der Waals surface area contributed by atoms with E-state index in [0.717, 1.165) is 5.75 Å². The summed E-state index contributed by atoms with van der Waals surface area (Å²) in [5.41, 5.74) is 6.14. The molecule has 0 saturated carbocycles. The van der Waals surface area contributed by atoms with E-state index >= 15 is 0 Å². The lowest BCUT2D eigenvalue weighted by atomic mass is 10.2. The van der Waals surface area contributed by atoms with Gasteiger partial charge in [-0.3, -0.25) is 0 Å². The van der Waals surface area contributed by atoms with Crippen LogP contribution in [0.4, 0.5) is 10.1 Å². The van der Waals surface area contributed by atoms with Crippen molar-refractivity contribution in [3.63, 3.8) is 0 Å². The summed E-state index contributed by atoms with van der Waals surface area (Å²) in [5, 5.41) is 0.216. The standard InChI is InChI=1S/C12H17FN2O2S2/c1-8-5-10(14)6-11(12(8)13)19(16,17)15-3-4-18-9(2)7-15/h5-6,9H,3-4,7,14H2,1-2H3. The Hall–Kier alpha value is -0.790. The van der Waals surface area contributed by atoms with Gasteiger partial charge in [0.2, 0.25) is 10.0 Å². The van der Waals surface area contributed by atoms with E-state index in [1.165, 1.54) is 23.4 Å². The fraction of sp³-hybridized carbons (Fsp3) is 0.500. The van der Waals surface area contributed by atoms with E-state index in [4.69, 9.17) is 5.73 Å². The van der Waals surface area contributed by atoms with Crippen molar-refractivity contribution in [2.45, 2.75) is 24.0 Å². The van der Waals surface area contributed by atoms with Gasteiger partial charge in [-0.25, -0.2) is 12.8 Å². The van der Waals surface area contributed by atoms with Gasteiger partial charge >= 0.3 is 0 Å². The van der Waals surface area contributed by atoms with Crippen LogP contribution in [0.1, 0.15) is 12.5 Å². The van der Waals surface area contributed by atoms with Crippen LogP contribution >= 0.6 is 11.8 Å². The van der Waals surface area contributed by atoms with Crippen LogP contribution < -0.4 is 5.73 Å². The molecule has 4 nitrogen and oxygen atoms in total. The highest BCUT2D eigenvalue weighted by molar-refractivity contribution is 8.00. The zero-order valence-corrected chi connectivity index (χ0v) is 12.5. The third-order valence-corrected chi connectivity index (χ3v) is 6.07. The third-order valence-electron chi connectivity index (χ3n) is 3.07. The number of hydrogen-bond acceptors (Lipinski definition) is 4. The Morgan fingerprint density at radius 1 is 1.47 bits per heavy atom. The molecular formula is C12H17FN2O2S2. The number of halogens is 1. The van der Waals surface area contributed by atoms with Crippen molar-refractivity contribution in [1.29, 1.82) is 0 Å². The Kier molecular flexibility index (Phi) is 4.08. The fourth-order valence-corrected chi connectivity index (χ4v) is 5.02. The van der Waals surface area contributed by atoms with Crippen LogP contribution in [0.5, 0.6) is 0 Å². The van der Waals surface area contributed by atoms with Crippen molar-refractivity contribution < 1.29 is 12.8 Å². The lowest BCUT2D eigenvalue weighted by Gasteiger charge is -2.30. The molecule has 0 aliphatic carbocycles. The molecule has 0 aromatic heterocycles. The molecule has 0 radical (unpaired) electrons. The number of thioether (sulfide) groups is 1. The van der Waals surface area contributed by atoms with E-state index in [1.807, 2.05) is 6.92 Å². The van der Waals surface area contributed by atoms with Gasteiger partial charge in [0.25, 0.3) is 0 Å². The first kappa shape index (κ1) is 14.6. The highest BCUT2D eigenvalue weighted by Crippen LogP contribution is 2.28. The van der Waals surface area contributed by atoms with Gasteiger partial charge in [-0.2, -0.15) is 16.1 Å². The topological polar surface area (TPSA) is 63.4 Å². The van der Waals surface area contributed by atoms with Gasteiger partial charge in [-0.1, -0.05) is 6.92 Å². The molecule has 1 heterocycles. The minimum Gasteiger partial charge on any atom is -0.399 e. The minimum atomic E-state index is -3.81. The number of anilines is 1. The number of aryl methyl sites for hydroxylation is 1. The van der Waals surface area contributed by atoms with Crippen LogP contribution in [-0.4, -0.2) is 36.8 Å². The van der Waals surface area contributed by atoms with Gasteiger partial charge in [0.15, 0.2) is 0 Å². The number of sulfonamides is 1. The van der Waals surface area contributed by atoms with Gasteiger partial charge in [-0.15, -0.1) is 0 Å². The number of hydrogen-bond donors (Lipinski definition) is 1. The summed E-state index contributed by atoms with van der Waals surface area (Å²) >= 11 is 1.72. The summed E-state index contributed by atoms with van der Waals surface area (Å²) in [5.74, 6) is 0.0172. The molecule has 1 aromatic carbocycles. The van der Waals surface area contributed by atoms with Gasteiger partial charge in [0, 0.05) is 29.8 Å². The molecule has 1 fully saturated rings. The SMILES string of the molecule is Cc1cc(N)cc(S(=O)(=O)N2CCSC(C)C2)c1F. The summed E-state index contributed by atoms with van der Waals surface area (Å²) in [4.78, 5) is -0.316. The second kappa shape index (κ2) is 5.30. The van der Waals surface area contributed by atoms with Gasteiger partial charge in [0.05, 0.1) is 0 Å². The van der Waals surface area contributed by atoms with E-state index in [-0.39, 0.29) is 21.4 Å². The lowest BCUT2D eigenvalue weighted by molar-refractivity contribution is 0.420. The Morgan fingerprint density at radius 2 is 2.16 bits per heavy atom. The Labute approximate surface area is 117 Å². The monoisotopic (exact) mass is 304 g/mol. The summed E-state index contributed by atoms with van der Waals surface area (Å²) in [6, 6.07) is 2.63. The van der Waals surface area contributed by atoms with E-state index in [0.29, 0.717) is 13.1 Å². The zero-order chi connectivity index (χ0) is 14.2. The molecule has 1 atom stereocenters. The lowest BCUT2D eigenvalue weighted by Crippen LogP contribution is -2.41. The van der Waals surface area contributed by atoms with Gasteiger partial charge in [-0.05, 0) is 24.6 Å². The van der Waals surface area contributed by atoms with Crippen molar-refractivity contribution in [1.82, 2.24) is 4.31 Å². The maximum absolute atomic E-state index is 14.1. The van der Waals surface area contributed by atoms with Crippen LogP contribution in [0.2, 0.25) is 0 Å². The molecule has 2 rings (SSSR count). The van der Waals surface area contributed by atoms with E-state index in [2.05, 4.69) is 0 Å². The largest absolute Gasteiger partial charge is 0.399 e. The molecule has 0 bridgehead atoms. The normalized spacial score (nSPS) is 21.5. The third kappa shape index (κ3) is 2.88. The van der Waals surface area contributed by atoms with Crippen LogP contribution in [-0.2, 0) is 10.0 Å². The summed E-state index contributed by atoms with van der Waals surface area (Å²) in [7, 11) is -3.81. The quantitative estimate of drug-likeness (QED) is 0.847. The average Bonchev–Trinajstić information content (AvgIpc) is 2.33. The highest BCUT2D eigenvalue weighted by Gasteiger charge is 2.31. The molecule has 2 N–H and O–H groups in total. The second-order valence-electron chi connectivity index (χ2n) is 4.69. The molecule has 0 amide bonds. The number of benzene rings is 1. The molecule has 1 aromatic rings. The average molecular weight is 304 g/mol. The number of nitrogen functional groups attached to an aromatic ring is 1. The van der Waals surface area contributed by atoms with Crippen molar-refractivity contribution in [2.24, 2.45) is 0 Å².